The van der Waals surface area contributed by atoms with Crippen molar-refractivity contribution < 1.29 is 4.74 Å². The lowest BCUT2D eigenvalue weighted by atomic mass is 9.98. The second-order valence-electron chi connectivity index (χ2n) is 4.84. The quantitative estimate of drug-likeness (QED) is 0.797. The fraction of sp³-hybridized carbons (Fsp3) is 0.176. The number of nitrogens with one attached hydrogen (secondary N) is 1. The summed E-state index contributed by atoms with van der Waals surface area (Å²) in [7, 11) is 3.59. The first kappa shape index (κ1) is 13.5. The van der Waals surface area contributed by atoms with E-state index in [9.17, 15) is 0 Å². The van der Waals surface area contributed by atoms with Gasteiger partial charge >= 0.3 is 0 Å². The van der Waals surface area contributed by atoms with E-state index in [0.29, 0.717) is 0 Å². The highest BCUT2D eigenvalue weighted by Gasteiger charge is 2.13. The predicted molar refractivity (Wildman–Crippen MR) is 83.4 cm³/mol. The van der Waals surface area contributed by atoms with Crippen molar-refractivity contribution in [3.8, 4) is 5.75 Å². The first-order valence-corrected chi connectivity index (χ1v) is 6.82. The van der Waals surface area contributed by atoms with Crippen LogP contribution in [0.2, 0.25) is 0 Å². The van der Waals surface area contributed by atoms with Crippen molar-refractivity contribution in [1.82, 2.24) is 15.3 Å². The Morgan fingerprint density at radius 3 is 2.81 bits per heavy atom. The third kappa shape index (κ3) is 2.71. The van der Waals surface area contributed by atoms with Crippen LogP contribution < -0.4 is 10.1 Å². The van der Waals surface area contributed by atoms with Crippen LogP contribution >= 0.6 is 0 Å². The molecule has 0 aliphatic rings. The minimum atomic E-state index is 0.0669. The van der Waals surface area contributed by atoms with Crippen LogP contribution in [0.4, 0.5) is 0 Å². The van der Waals surface area contributed by atoms with Crippen LogP contribution in [0.3, 0.4) is 0 Å². The van der Waals surface area contributed by atoms with Crippen molar-refractivity contribution in [2.75, 3.05) is 14.2 Å². The highest BCUT2D eigenvalue weighted by molar-refractivity contribution is 5.79. The average molecular weight is 279 g/mol. The lowest BCUT2D eigenvalue weighted by Crippen LogP contribution is -2.17. The smallest absolute Gasteiger partial charge is 0.137 e. The molecule has 3 aromatic rings. The lowest BCUT2D eigenvalue weighted by molar-refractivity contribution is 0.411. The van der Waals surface area contributed by atoms with Crippen LogP contribution in [0.1, 0.15) is 17.2 Å². The summed E-state index contributed by atoms with van der Waals surface area (Å²) < 4.78 is 5.26. The molecule has 0 aliphatic carbocycles. The monoisotopic (exact) mass is 279 g/mol. The highest BCUT2D eigenvalue weighted by atomic mass is 16.5. The maximum absolute atomic E-state index is 5.26. The van der Waals surface area contributed by atoms with Gasteiger partial charge in [0.15, 0.2) is 0 Å². The maximum atomic E-state index is 5.26. The molecular weight excluding hydrogens is 262 g/mol. The fourth-order valence-electron chi connectivity index (χ4n) is 2.50. The van der Waals surface area contributed by atoms with E-state index in [-0.39, 0.29) is 6.04 Å². The molecule has 1 unspecified atom stereocenters. The van der Waals surface area contributed by atoms with E-state index in [2.05, 4.69) is 33.5 Å². The topological polar surface area (TPSA) is 47.0 Å². The van der Waals surface area contributed by atoms with Gasteiger partial charge < -0.3 is 10.1 Å². The Morgan fingerprint density at radius 2 is 2.00 bits per heavy atom. The summed E-state index contributed by atoms with van der Waals surface area (Å²) in [5.41, 5.74) is 3.24. The van der Waals surface area contributed by atoms with Crippen molar-refractivity contribution in [3.05, 3.63) is 66.1 Å². The third-order valence-electron chi connectivity index (χ3n) is 3.55. The first-order chi connectivity index (χ1) is 10.3. The fourth-order valence-corrected chi connectivity index (χ4v) is 2.50. The van der Waals surface area contributed by atoms with Crippen LogP contribution in [0.25, 0.3) is 10.9 Å². The Balaban J connectivity index is 2.04. The molecule has 0 aliphatic heterocycles. The van der Waals surface area contributed by atoms with Gasteiger partial charge in [-0.05, 0) is 42.4 Å². The Labute approximate surface area is 123 Å². The number of nitrogens with zero attached hydrogens (tertiary/aromatic N) is 2. The zero-order valence-corrected chi connectivity index (χ0v) is 12.1. The number of methoxy groups -OCH3 is 1. The Bertz CT molecular complexity index is 758. The molecule has 4 nitrogen and oxygen atoms in total. The van der Waals surface area contributed by atoms with E-state index < -0.39 is 0 Å². The molecule has 106 valence electrons. The Kier molecular flexibility index (Phi) is 3.79. The van der Waals surface area contributed by atoms with Crippen molar-refractivity contribution in [2.24, 2.45) is 0 Å². The number of rotatable bonds is 4. The molecule has 0 saturated heterocycles. The van der Waals surface area contributed by atoms with Crippen LogP contribution in [0, 0.1) is 0 Å². The molecular formula is C17H17N3O. The molecule has 4 heteroatoms. The molecule has 3 rings (SSSR count). The number of hydrogen-bond acceptors (Lipinski definition) is 4. The molecule has 0 saturated carbocycles. The zero-order valence-electron chi connectivity index (χ0n) is 12.1. The van der Waals surface area contributed by atoms with Gasteiger partial charge in [-0.3, -0.25) is 9.97 Å². The number of ether oxygens (including phenoxy) is 1. The zero-order chi connectivity index (χ0) is 14.7. The van der Waals surface area contributed by atoms with Crippen molar-refractivity contribution in [1.29, 1.82) is 0 Å². The number of pyridine rings is 2. The molecule has 0 amide bonds. The van der Waals surface area contributed by atoms with Crippen LogP contribution in [0.15, 0.2) is 55.0 Å². The minimum absolute atomic E-state index is 0.0669. The molecule has 1 N–H and O–H groups in total. The molecule has 0 radical (unpaired) electrons. The number of fused-ring (bicyclic) bond motifs is 1. The van der Waals surface area contributed by atoms with E-state index in [1.807, 2.05) is 37.6 Å². The van der Waals surface area contributed by atoms with Gasteiger partial charge in [0.1, 0.15) is 5.75 Å². The molecule has 21 heavy (non-hydrogen) atoms. The van der Waals surface area contributed by atoms with Gasteiger partial charge in [0.2, 0.25) is 0 Å². The van der Waals surface area contributed by atoms with Crippen LogP contribution in [0.5, 0.6) is 5.75 Å². The van der Waals surface area contributed by atoms with Crippen molar-refractivity contribution >= 4 is 10.9 Å². The van der Waals surface area contributed by atoms with E-state index in [4.69, 9.17) is 4.74 Å². The summed E-state index contributed by atoms with van der Waals surface area (Å²) in [6.45, 7) is 0. The van der Waals surface area contributed by atoms with E-state index in [1.165, 1.54) is 5.56 Å². The number of hydrogen-bond donors (Lipinski definition) is 1. The number of aromatic nitrogens is 2. The standard InChI is InChI=1S/C17H17N3O/c1-18-17(14-9-15(21-2)11-19-10-14)13-5-6-16-12(8-13)4-3-7-20-16/h3-11,17-18H,1-2H3. The van der Waals surface area contributed by atoms with Crippen LogP contribution in [-0.2, 0) is 0 Å². The summed E-state index contributed by atoms with van der Waals surface area (Å²) in [6.07, 6.45) is 5.38. The summed E-state index contributed by atoms with van der Waals surface area (Å²) in [4.78, 5) is 8.59. The van der Waals surface area contributed by atoms with Crippen LogP contribution in [-0.4, -0.2) is 24.1 Å². The molecule has 0 bridgehead atoms. The predicted octanol–water partition coefficient (Wildman–Crippen LogP) is 2.95. The molecule has 0 fully saturated rings. The highest BCUT2D eigenvalue weighted by Crippen LogP contribution is 2.26. The van der Waals surface area contributed by atoms with Gasteiger partial charge in [0.05, 0.1) is 24.9 Å². The molecule has 1 atom stereocenters. The molecule has 2 aromatic heterocycles. The van der Waals surface area contributed by atoms with Crippen molar-refractivity contribution in [2.45, 2.75) is 6.04 Å². The summed E-state index contributed by atoms with van der Waals surface area (Å²) in [5, 5.41) is 4.47. The maximum Gasteiger partial charge on any atom is 0.137 e. The number of benzene rings is 1. The first-order valence-electron chi connectivity index (χ1n) is 6.82. The Morgan fingerprint density at radius 1 is 1.10 bits per heavy atom. The van der Waals surface area contributed by atoms with E-state index in [1.54, 1.807) is 13.3 Å². The largest absolute Gasteiger partial charge is 0.495 e. The molecule has 2 heterocycles. The van der Waals surface area contributed by atoms with Gasteiger partial charge in [0.25, 0.3) is 0 Å². The third-order valence-corrected chi connectivity index (χ3v) is 3.55. The average Bonchev–Trinajstić information content (AvgIpc) is 2.56. The Hall–Kier alpha value is -2.46. The summed E-state index contributed by atoms with van der Waals surface area (Å²) in [5.74, 6) is 0.759. The summed E-state index contributed by atoms with van der Waals surface area (Å²) in [6, 6.07) is 12.4. The van der Waals surface area contributed by atoms with E-state index in [0.717, 1.165) is 22.2 Å². The van der Waals surface area contributed by atoms with Gasteiger partial charge in [-0.15, -0.1) is 0 Å². The second-order valence-corrected chi connectivity index (χ2v) is 4.84. The SMILES string of the molecule is CNC(c1cncc(OC)c1)c1ccc2ncccc2c1. The second kappa shape index (κ2) is 5.89. The minimum Gasteiger partial charge on any atom is -0.495 e. The lowest BCUT2D eigenvalue weighted by Gasteiger charge is -2.18. The van der Waals surface area contributed by atoms with Gasteiger partial charge in [0, 0.05) is 17.8 Å². The van der Waals surface area contributed by atoms with Gasteiger partial charge in [-0.2, -0.15) is 0 Å². The van der Waals surface area contributed by atoms with Gasteiger partial charge in [-0.25, -0.2) is 0 Å². The normalized spacial score (nSPS) is 12.3. The van der Waals surface area contributed by atoms with Crippen molar-refractivity contribution in [3.63, 3.8) is 0 Å². The molecule has 1 aromatic carbocycles. The summed E-state index contributed by atoms with van der Waals surface area (Å²) >= 11 is 0. The molecule has 0 spiro atoms. The van der Waals surface area contributed by atoms with Gasteiger partial charge in [-0.1, -0.05) is 12.1 Å². The van der Waals surface area contributed by atoms with E-state index >= 15 is 0 Å².